The van der Waals surface area contributed by atoms with Crippen LogP contribution in [0.1, 0.15) is 12.5 Å². The minimum atomic E-state index is -3.69. The molecule has 118 valence electrons. The van der Waals surface area contributed by atoms with E-state index in [1.165, 1.54) is 10.4 Å². The highest BCUT2D eigenvalue weighted by atomic mass is 127. The summed E-state index contributed by atoms with van der Waals surface area (Å²) in [5.41, 5.74) is 0.994. The second-order valence-electron chi connectivity index (χ2n) is 5.42. The molecule has 0 unspecified atom stereocenters. The van der Waals surface area contributed by atoms with Gasteiger partial charge in [0, 0.05) is 12.5 Å². The van der Waals surface area contributed by atoms with Crippen LogP contribution in [-0.4, -0.2) is 31.1 Å². The van der Waals surface area contributed by atoms with E-state index in [2.05, 4.69) is 6.58 Å². The maximum atomic E-state index is 13.0. The first-order valence-electron chi connectivity index (χ1n) is 6.87. The Balaban J connectivity index is 2.44. The van der Waals surface area contributed by atoms with Gasteiger partial charge in [-0.2, -0.15) is 4.31 Å². The van der Waals surface area contributed by atoms with Crippen molar-refractivity contribution in [3.8, 4) is 0 Å². The molecule has 0 fully saturated rings. The lowest BCUT2D eigenvalue weighted by Gasteiger charge is -2.29. The molecular weight excluding hydrogens is 413 g/mol. The number of sulfonamides is 1. The topological polar surface area (TPSA) is 54.5 Å². The smallest absolute Gasteiger partial charge is 0.243 e. The average molecular weight is 431 g/mol. The lowest BCUT2D eigenvalue weighted by atomic mass is 10.0. The van der Waals surface area contributed by atoms with Gasteiger partial charge in [0.05, 0.1) is 10.9 Å². The van der Waals surface area contributed by atoms with Gasteiger partial charge in [0.2, 0.25) is 10.0 Å². The van der Waals surface area contributed by atoms with Crippen LogP contribution in [0.25, 0.3) is 0 Å². The molecule has 0 amide bonds. The number of allylic oxidation sites excluding steroid dienone is 1. The Morgan fingerprint density at radius 2 is 1.91 bits per heavy atom. The molecule has 1 aliphatic carbocycles. The number of carbonyl (C=O) groups excluding carboxylic acids is 1. The fourth-order valence-electron chi connectivity index (χ4n) is 2.39. The molecule has 2 rings (SSSR count). The fourth-order valence-corrected chi connectivity index (χ4v) is 4.64. The Morgan fingerprint density at radius 3 is 2.36 bits per heavy atom. The predicted molar refractivity (Wildman–Crippen MR) is 95.3 cm³/mol. The molecule has 0 aliphatic heterocycles. The second kappa shape index (κ2) is 6.64. The standard InChI is InChI=1S/C16H18INO3S/c1-11-4-6-14(7-5-11)22(20,21)18(10-12(2)17)15-8-9-16(19)13(15)3/h4-9,13,15H,2,10H2,1,3H3/t13-,15+/m0/s1. The highest BCUT2D eigenvalue weighted by Gasteiger charge is 2.38. The molecule has 4 nitrogen and oxygen atoms in total. The van der Waals surface area contributed by atoms with Gasteiger partial charge in [0.1, 0.15) is 0 Å². The van der Waals surface area contributed by atoms with Crippen molar-refractivity contribution in [2.75, 3.05) is 6.54 Å². The molecule has 0 saturated heterocycles. The predicted octanol–water partition coefficient (Wildman–Crippen LogP) is 3.08. The summed E-state index contributed by atoms with van der Waals surface area (Å²) in [6, 6.07) is 6.26. The molecular formula is C16H18INO3S. The molecule has 0 saturated carbocycles. The number of hydrogen-bond acceptors (Lipinski definition) is 3. The highest BCUT2D eigenvalue weighted by molar-refractivity contribution is 14.1. The largest absolute Gasteiger partial charge is 0.294 e. The van der Waals surface area contributed by atoms with E-state index in [9.17, 15) is 13.2 Å². The quantitative estimate of drug-likeness (QED) is 0.674. The monoisotopic (exact) mass is 431 g/mol. The fraction of sp³-hybridized carbons (Fsp3) is 0.312. The minimum Gasteiger partial charge on any atom is -0.294 e. The number of benzene rings is 1. The summed E-state index contributed by atoms with van der Waals surface area (Å²) in [6.45, 7) is 7.64. The molecule has 0 spiro atoms. The van der Waals surface area contributed by atoms with E-state index in [-0.39, 0.29) is 23.1 Å². The summed E-state index contributed by atoms with van der Waals surface area (Å²) < 4.78 is 28.0. The third kappa shape index (κ3) is 3.49. The van der Waals surface area contributed by atoms with E-state index in [0.717, 1.165) is 5.56 Å². The number of hydrogen-bond donors (Lipinski definition) is 0. The van der Waals surface area contributed by atoms with Gasteiger partial charge in [-0.05, 0) is 51.3 Å². The van der Waals surface area contributed by atoms with Gasteiger partial charge < -0.3 is 0 Å². The first-order chi connectivity index (χ1) is 10.2. The number of nitrogens with zero attached hydrogens (tertiary/aromatic N) is 1. The third-order valence-electron chi connectivity index (χ3n) is 3.71. The Bertz CT molecular complexity index is 722. The molecule has 1 aromatic rings. The first kappa shape index (κ1) is 17.4. The van der Waals surface area contributed by atoms with Gasteiger partial charge in [-0.25, -0.2) is 8.42 Å². The number of ketones is 1. The van der Waals surface area contributed by atoms with Gasteiger partial charge in [-0.1, -0.05) is 37.3 Å². The molecule has 22 heavy (non-hydrogen) atoms. The van der Waals surface area contributed by atoms with E-state index in [1.807, 2.05) is 29.5 Å². The second-order valence-corrected chi connectivity index (χ2v) is 8.84. The molecule has 1 aromatic carbocycles. The number of rotatable bonds is 5. The Hall–Kier alpha value is -0.990. The summed E-state index contributed by atoms with van der Waals surface area (Å²) in [6.07, 6.45) is 3.13. The molecule has 2 atom stereocenters. The summed E-state index contributed by atoms with van der Waals surface area (Å²) in [5, 5.41) is 0. The van der Waals surface area contributed by atoms with E-state index in [4.69, 9.17) is 0 Å². The average Bonchev–Trinajstić information content (AvgIpc) is 2.76. The van der Waals surface area contributed by atoms with Crippen LogP contribution in [0.2, 0.25) is 0 Å². The van der Waals surface area contributed by atoms with Crippen LogP contribution in [0.15, 0.2) is 51.5 Å². The Morgan fingerprint density at radius 1 is 1.32 bits per heavy atom. The zero-order valence-corrected chi connectivity index (χ0v) is 15.5. The van der Waals surface area contributed by atoms with E-state index in [0.29, 0.717) is 3.58 Å². The Kier molecular flexibility index (Phi) is 5.24. The van der Waals surface area contributed by atoms with Crippen molar-refractivity contribution in [3.05, 3.63) is 52.1 Å². The maximum Gasteiger partial charge on any atom is 0.243 e. The highest BCUT2D eigenvalue weighted by Crippen LogP contribution is 2.28. The zero-order chi connectivity index (χ0) is 16.5. The summed E-state index contributed by atoms with van der Waals surface area (Å²) in [4.78, 5) is 12.0. The van der Waals surface area contributed by atoms with Crippen molar-refractivity contribution in [1.82, 2.24) is 4.31 Å². The van der Waals surface area contributed by atoms with Gasteiger partial charge >= 0.3 is 0 Å². The zero-order valence-electron chi connectivity index (χ0n) is 12.5. The van der Waals surface area contributed by atoms with Crippen LogP contribution in [0.3, 0.4) is 0 Å². The van der Waals surface area contributed by atoms with Crippen LogP contribution in [0, 0.1) is 12.8 Å². The molecule has 6 heteroatoms. The van der Waals surface area contributed by atoms with Crippen LogP contribution in [-0.2, 0) is 14.8 Å². The minimum absolute atomic E-state index is 0.0480. The number of aryl methyl sites for hydroxylation is 1. The SMILES string of the molecule is C=C(I)CN([C@@H]1C=CC(=O)[C@H]1C)S(=O)(=O)c1ccc(C)cc1. The number of carbonyl (C=O) groups is 1. The Labute approximate surface area is 145 Å². The van der Waals surface area contributed by atoms with Crippen molar-refractivity contribution in [2.45, 2.75) is 24.8 Å². The number of halogens is 1. The van der Waals surface area contributed by atoms with Crippen LogP contribution in [0.4, 0.5) is 0 Å². The van der Waals surface area contributed by atoms with Gasteiger partial charge in [-0.3, -0.25) is 4.79 Å². The van der Waals surface area contributed by atoms with Gasteiger partial charge in [0.25, 0.3) is 0 Å². The van der Waals surface area contributed by atoms with Crippen molar-refractivity contribution < 1.29 is 13.2 Å². The molecule has 0 heterocycles. The summed E-state index contributed by atoms with van der Waals surface area (Å²) in [7, 11) is -3.69. The van der Waals surface area contributed by atoms with E-state index in [1.54, 1.807) is 37.3 Å². The van der Waals surface area contributed by atoms with Crippen LogP contribution < -0.4 is 0 Å². The molecule has 1 aliphatic rings. The van der Waals surface area contributed by atoms with Crippen molar-refractivity contribution in [2.24, 2.45) is 5.92 Å². The third-order valence-corrected chi connectivity index (χ3v) is 5.91. The lowest BCUT2D eigenvalue weighted by Crippen LogP contribution is -2.43. The van der Waals surface area contributed by atoms with Crippen molar-refractivity contribution in [1.29, 1.82) is 0 Å². The van der Waals surface area contributed by atoms with E-state index >= 15 is 0 Å². The van der Waals surface area contributed by atoms with Crippen LogP contribution in [0.5, 0.6) is 0 Å². The van der Waals surface area contributed by atoms with Gasteiger partial charge in [0.15, 0.2) is 5.78 Å². The molecule has 0 aromatic heterocycles. The van der Waals surface area contributed by atoms with Crippen molar-refractivity contribution in [3.63, 3.8) is 0 Å². The lowest BCUT2D eigenvalue weighted by molar-refractivity contribution is -0.117. The molecule has 0 radical (unpaired) electrons. The van der Waals surface area contributed by atoms with Crippen LogP contribution >= 0.6 is 22.6 Å². The maximum absolute atomic E-state index is 13.0. The van der Waals surface area contributed by atoms with Gasteiger partial charge in [-0.15, -0.1) is 0 Å². The molecule has 0 bridgehead atoms. The van der Waals surface area contributed by atoms with Crippen molar-refractivity contribution >= 4 is 38.4 Å². The normalized spacial score (nSPS) is 21.5. The summed E-state index contributed by atoms with van der Waals surface area (Å²) >= 11 is 2.01. The molecule has 0 N–H and O–H groups in total. The van der Waals surface area contributed by atoms with E-state index < -0.39 is 16.1 Å². The summed E-state index contributed by atoms with van der Waals surface area (Å²) in [5.74, 6) is -0.427. The first-order valence-corrected chi connectivity index (χ1v) is 9.39.